The van der Waals surface area contributed by atoms with Gasteiger partial charge in [-0.1, -0.05) is 19.9 Å². The van der Waals surface area contributed by atoms with Gasteiger partial charge in [-0.05, 0) is 30.7 Å². The Bertz CT molecular complexity index is 739. The summed E-state index contributed by atoms with van der Waals surface area (Å²) in [7, 11) is 2.06. The Kier molecular flexibility index (Phi) is 3.85. The zero-order valence-corrected chi connectivity index (χ0v) is 13.3. The number of hydrogen-bond acceptors (Lipinski definition) is 4. The Morgan fingerprint density at radius 1 is 1.41 bits per heavy atom. The molecule has 0 bridgehead atoms. The minimum absolute atomic E-state index is 0.236. The largest absolute Gasteiger partial charge is 0.302 e. The number of nitrogens with zero attached hydrogens (tertiary/aromatic N) is 2. The van der Waals surface area contributed by atoms with E-state index in [0.29, 0.717) is 11.5 Å². The van der Waals surface area contributed by atoms with Crippen molar-refractivity contribution >= 4 is 16.8 Å². The summed E-state index contributed by atoms with van der Waals surface area (Å²) >= 11 is 0. The Morgan fingerprint density at radius 2 is 2.18 bits per heavy atom. The normalized spacial score (nSPS) is 15.1. The number of carbonyl (C=O) groups excluding carboxylic acids is 1. The van der Waals surface area contributed by atoms with E-state index in [1.54, 1.807) is 0 Å². The second-order valence-electron chi connectivity index (χ2n) is 6.30. The van der Waals surface area contributed by atoms with Crippen LogP contribution in [0.25, 0.3) is 10.9 Å². The molecule has 1 aromatic carbocycles. The van der Waals surface area contributed by atoms with Gasteiger partial charge >= 0.3 is 0 Å². The zero-order chi connectivity index (χ0) is 15.9. The average molecular weight is 298 g/mol. The zero-order valence-electron chi connectivity index (χ0n) is 13.3. The van der Waals surface area contributed by atoms with Crippen molar-refractivity contribution in [2.24, 2.45) is 5.84 Å². The standard InChI is InChI=1S/C17H22N4O/c1-10(2)11-4-5-14-12(8-11)16(17(22)20-18)13-9-21(3)7-6-15(13)19-14/h4-5,8,10H,6-7,9,18H2,1-3H3,(H,20,22). The van der Waals surface area contributed by atoms with E-state index in [0.717, 1.165) is 41.7 Å². The quantitative estimate of drug-likeness (QED) is 0.505. The van der Waals surface area contributed by atoms with E-state index in [9.17, 15) is 4.79 Å². The summed E-state index contributed by atoms with van der Waals surface area (Å²) in [4.78, 5) is 19.4. The van der Waals surface area contributed by atoms with Crippen LogP contribution in [-0.2, 0) is 13.0 Å². The molecule has 0 saturated heterocycles. The molecule has 0 fully saturated rings. The average Bonchev–Trinajstić information content (AvgIpc) is 2.51. The van der Waals surface area contributed by atoms with E-state index in [2.05, 4.69) is 43.4 Å². The van der Waals surface area contributed by atoms with Crippen molar-refractivity contribution in [2.75, 3.05) is 13.6 Å². The molecule has 1 amide bonds. The molecular weight excluding hydrogens is 276 g/mol. The van der Waals surface area contributed by atoms with Crippen molar-refractivity contribution in [3.63, 3.8) is 0 Å². The Morgan fingerprint density at radius 3 is 2.86 bits per heavy atom. The molecule has 0 saturated carbocycles. The first-order valence-corrected chi connectivity index (χ1v) is 7.66. The molecule has 1 aromatic heterocycles. The highest BCUT2D eigenvalue weighted by atomic mass is 16.2. The van der Waals surface area contributed by atoms with Crippen LogP contribution in [0, 0.1) is 0 Å². The van der Waals surface area contributed by atoms with Crippen molar-refractivity contribution in [1.82, 2.24) is 15.3 Å². The maximum Gasteiger partial charge on any atom is 0.266 e. The molecule has 2 heterocycles. The molecule has 3 N–H and O–H groups in total. The monoisotopic (exact) mass is 298 g/mol. The lowest BCUT2D eigenvalue weighted by molar-refractivity contribution is 0.0953. The highest BCUT2D eigenvalue weighted by Crippen LogP contribution is 2.29. The number of nitrogens with one attached hydrogen (secondary N) is 1. The summed E-state index contributed by atoms with van der Waals surface area (Å²) in [5.41, 5.74) is 7.06. The summed E-state index contributed by atoms with van der Waals surface area (Å²) in [5, 5.41) is 0.892. The Balaban J connectivity index is 2.32. The first-order chi connectivity index (χ1) is 10.5. The molecule has 5 heteroatoms. The van der Waals surface area contributed by atoms with Gasteiger partial charge < -0.3 is 4.90 Å². The van der Waals surface area contributed by atoms with Crippen LogP contribution in [0.4, 0.5) is 0 Å². The minimum Gasteiger partial charge on any atom is -0.302 e. The number of benzene rings is 1. The minimum atomic E-state index is -0.236. The summed E-state index contributed by atoms with van der Waals surface area (Å²) in [5.74, 6) is 5.59. The molecule has 0 spiro atoms. The third kappa shape index (κ3) is 2.46. The van der Waals surface area contributed by atoms with Gasteiger partial charge in [-0.25, -0.2) is 5.84 Å². The Labute approximate surface area is 130 Å². The lowest BCUT2D eigenvalue weighted by atomic mass is 9.93. The topological polar surface area (TPSA) is 71.2 Å². The summed E-state index contributed by atoms with van der Waals surface area (Å²) in [6.45, 7) is 5.97. The number of nitrogens with two attached hydrogens (primary N) is 1. The molecule has 1 aliphatic heterocycles. The highest BCUT2D eigenvalue weighted by Gasteiger charge is 2.24. The van der Waals surface area contributed by atoms with Crippen molar-refractivity contribution in [1.29, 1.82) is 0 Å². The first-order valence-electron chi connectivity index (χ1n) is 7.66. The van der Waals surface area contributed by atoms with Crippen LogP contribution >= 0.6 is 0 Å². The fourth-order valence-corrected chi connectivity index (χ4v) is 3.08. The molecule has 0 radical (unpaired) electrons. The van der Waals surface area contributed by atoms with Crippen molar-refractivity contribution < 1.29 is 4.79 Å². The van der Waals surface area contributed by atoms with Crippen LogP contribution in [-0.4, -0.2) is 29.4 Å². The van der Waals surface area contributed by atoms with Gasteiger partial charge in [0.15, 0.2) is 0 Å². The summed E-state index contributed by atoms with van der Waals surface area (Å²) in [6, 6.07) is 6.18. The van der Waals surface area contributed by atoms with Gasteiger partial charge in [0.25, 0.3) is 5.91 Å². The number of nitrogen functional groups attached to an aromatic ring is 1. The van der Waals surface area contributed by atoms with E-state index in [4.69, 9.17) is 10.8 Å². The molecule has 22 heavy (non-hydrogen) atoms. The highest BCUT2D eigenvalue weighted by molar-refractivity contribution is 6.07. The number of aromatic nitrogens is 1. The fourth-order valence-electron chi connectivity index (χ4n) is 3.08. The van der Waals surface area contributed by atoms with Gasteiger partial charge in [0.1, 0.15) is 0 Å². The smallest absolute Gasteiger partial charge is 0.266 e. The van der Waals surface area contributed by atoms with E-state index >= 15 is 0 Å². The van der Waals surface area contributed by atoms with Crippen LogP contribution in [0.5, 0.6) is 0 Å². The van der Waals surface area contributed by atoms with E-state index < -0.39 is 0 Å². The van der Waals surface area contributed by atoms with E-state index in [1.807, 2.05) is 6.07 Å². The molecule has 0 aliphatic carbocycles. The summed E-state index contributed by atoms with van der Waals surface area (Å²) < 4.78 is 0. The molecular formula is C17H22N4O. The molecule has 3 rings (SSSR count). The molecule has 0 atom stereocenters. The maximum absolute atomic E-state index is 12.4. The van der Waals surface area contributed by atoms with Gasteiger partial charge in [0.05, 0.1) is 11.1 Å². The van der Waals surface area contributed by atoms with Gasteiger partial charge in [-0.3, -0.25) is 15.2 Å². The van der Waals surface area contributed by atoms with Crippen LogP contribution in [0.1, 0.15) is 46.9 Å². The van der Waals surface area contributed by atoms with Gasteiger partial charge in [-0.2, -0.15) is 0 Å². The van der Waals surface area contributed by atoms with Crippen molar-refractivity contribution in [2.45, 2.75) is 32.7 Å². The number of fused-ring (bicyclic) bond motifs is 2. The van der Waals surface area contributed by atoms with Crippen LogP contribution < -0.4 is 11.3 Å². The molecule has 116 valence electrons. The van der Waals surface area contributed by atoms with Crippen LogP contribution in [0.3, 0.4) is 0 Å². The predicted octanol–water partition coefficient (Wildman–Crippen LogP) is 1.95. The number of amides is 1. The number of likely N-dealkylation sites (N-methyl/N-ethyl adjacent to an activating group) is 1. The number of rotatable bonds is 2. The number of pyridine rings is 1. The number of carbonyl (C=O) groups is 1. The van der Waals surface area contributed by atoms with Gasteiger partial charge in [0, 0.05) is 36.2 Å². The Hall–Kier alpha value is -1.98. The third-order valence-corrected chi connectivity index (χ3v) is 4.38. The lowest BCUT2D eigenvalue weighted by Gasteiger charge is -2.27. The van der Waals surface area contributed by atoms with Gasteiger partial charge in [-0.15, -0.1) is 0 Å². The van der Waals surface area contributed by atoms with Crippen molar-refractivity contribution in [3.05, 3.63) is 40.6 Å². The number of hydrazine groups is 1. The predicted molar refractivity (Wildman–Crippen MR) is 87.5 cm³/mol. The first kappa shape index (κ1) is 14.9. The van der Waals surface area contributed by atoms with E-state index in [-0.39, 0.29) is 5.91 Å². The molecule has 2 aromatic rings. The molecule has 1 aliphatic rings. The lowest BCUT2D eigenvalue weighted by Crippen LogP contribution is -2.34. The van der Waals surface area contributed by atoms with Crippen LogP contribution in [0.2, 0.25) is 0 Å². The van der Waals surface area contributed by atoms with Crippen LogP contribution in [0.15, 0.2) is 18.2 Å². The van der Waals surface area contributed by atoms with Crippen molar-refractivity contribution in [3.8, 4) is 0 Å². The van der Waals surface area contributed by atoms with E-state index in [1.165, 1.54) is 5.56 Å². The fraction of sp³-hybridized carbons (Fsp3) is 0.412. The number of hydrogen-bond donors (Lipinski definition) is 2. The SMILES string of the molecule is CC(C)c1ccc2nc3c(c(C(=O)NN)c2c1)CN(C)CC3. The van der Waals surface area contributed by atoms with Gasteiger partial charge in [0.2, 0.25) is 0 Å². The summed E-state index contributed by atoms with van der Waals surface area (Å²) in [6.07, 6.45) is 0.860. The molecule has 5 nitrogen and oxygen atoms in total. The molecule has 0 unspecified atom stereocenters. The maximum atomic E-state index is 12.4. The third-order valence-electron chi connectivity index (χ3n) is 4.38. The second-order valence-corrected chi connectivity index (χ2v) is 6.30. The second kappa shape index (κ2) is 5.66.